The summed E-state index contributed by atoms with van der Waals surface area (Å²) >= 11 is 1.78. The molecule has 0 radical (unpaired) electrons. The van der Waals surface area contributed by atoms with E-state index in [1.54, 1.807) is 11.8 Å². The van der Waals surface area contributed by atoms with Crippen LogP contribution >= 0.6 is 11.8 Å². The number of nitrogens with zero attached hydrogens (tertiary/aromatic N) is 4. The van der Waals surface area contributed by atoms with Crippen LogP contribution in [0.25, 0.3) is 10.8 Å². The van der Waals surface area contributed by atoms with Crippen LogP contribution in [-0.2, 0) is 11.5 Å². The first-order chi connectivity index (χ1) is 11.1. The average molecular weight is 325 g/mol. The van der Waals surface area contributed by atoms with Gasteiger partial charge in [0.25, 0.3) is 0 Å². The molecule has 2 aromatic carbocycles. The van der Waals surface area contributed by atoms with Crippen molar-refractivity contribution >= 4 is 34.4 Å². The fourth-order valence-electron chi connectivity index (χ4n) is 2.36. The van der Waals surface area contributed by atoms with Gasteiger partial charge in [0.2, 0.25) is 11.9 Å². The molecule has 0 saturated carbocycles. The minimum atomic E-state index is 0.268. The molecule has 5 nitrogen and oxygen atoms in total. The Balaban J connectivity index is 1.72. The molecule has 23 heavy (non-hydrogen) atoms. The predicted molar refractivity (Wildman–Crippen MR) is 97.5 cm³/mol. The monoisotopic (exact) mass is 325 g/mol. The van der Waals surface area contributed by atoms with Gasteiger partial charge in [-0.3, -0.25) is 0 Å². The smallest absolute Gasteiger partial charge is 0.229 e. The summed E-state index contributed by atoms with van der Waals surface area (Å²) in [5, 5.41) is 2.57. The first-order valence-electron chi connectivity index (χ1n) is 7.35. The fourth-order valence-corrected chi connectivity index (χ4v) is 3.25. The molecule has 0 unspecified atom stereocenters. The summed E-state index contributed by atoms with van der Waals surface area (Å²) in [7, 11) is 3.78. The van der Waals surface area contributed by atoms with Crippen LogP contribution in [0.5, 0.6) is 0 Å². The molecule has 2 N–H and O–H groups in total. The molecule has 6 heteroatoms. The average Bonchev–Trinajstić information content (AvgIpc) is 2.54. The second-order valence-electron chi connectivity index (χ2n) is 5.44. The van der Waals surface area contributed by atoms with Crippen molar-refractivity contribution in [2.24, 2.45) is 0 Å². The van der Waals surface area contributed by atoms with Gasteiger partial charge in [-0.05, 0) is 16.3 Å². The normalized spacial score (nSPS) is 10.9. The summed E-state index contributed by atoms with van der Waals surface area (Å²) in [4.78, 5) is 14.6. The van der Waals surface area contributed by atoms with Crippen molar-refractivity contribution in [3.05, 3.63) is 53.9 Å². The third-order valence-electron chi connectivity index (χ3n) is 3.46. The van der Waals surface area contributed by atoms with Crippen molar-refractivity contribution in [1.82, 2.24) is 15.0 Å². The molecule has 0 aliphatic heterocycles. The van der Waals surface area contributed by atoms with Crippen LogP contribution in [0, 0.1) is 0 Å². The molecule has 0 bridgehead atoms. The van der Waals surface area contributed by atoms with Gasteiger partial charge in [0.15, 0.2) is 0 Å². The number of nitrogen functional groups attached to an aromatic ring is 1. The third-order valence-corrected chi connectivity index (χ3v) is 4.43. The van der Waals surface area contributed by atoms with Gasteiger partial charge >= 0.3 is 0 Å². The Bertz CT molecular complexity index is 814. The van der Waals surface area contributed by atoms with Crippen molar-refractivity contribution in [2.45, 2.75) is 11.5 Å². The molecule has 1 heterocycles. The Hall–Kier alpha value is -2.34. The van der Waals surface area contributed by atoms with Gasteiger partial charge < -0.3 is 10.6 Å². The van der Waals surface area contributed by atoms with Crippen LogP contribution in [0.3, 0.4) is 0 Å². The largest absolute Gasteiger partial charge is 0.368 e. The molecule has 0 saturated heterocycles. The van der Waals surface area contributed by atoms with E-state index in [1.165, 1.54) is 16.3 Å². The van der Waals surface area contributed by atoms with E-state index in [1.807, 2.05) is 19.0 Å². The first-order valence-corrected chi connectivity index (χ1v) is 8.51. The molecule has 0 amide bonds. The number of anilines is 2. The summed E-state index contributed by atoms with van der Waals surface area (Å²) in [6.45, 7) is 0. The summed E-state index contributed by atoms with van der Waals surface area (Å²) in [6.07, 6.45) is 0. The van der Waals surface area contributed by atoms with Crippen molar-refractivity contribution in [1.29, 1.82) is 0 Å². The van der Waals surface area contributed by atoms with E-state index in [4.69, 9.17) is 5.73 Å². The lowest BCUT2D eigenvalue weighted by Gasteiger charge is -2.11. The number of hydrogen-bond donors (Lipinski definition) is 1. The van der Waals surface area contributed by atoms with E-state index in [0.29, 0.717) is 17.5 Å². The standard InChI is InChI=1S/C17H19N5S/c1-22(2)17-20-15(19-16(18)21-17)11-23-10-13-8-5-7-12-6-3-4-9-14(12)13/h3-9H,10-11H2,1-2H3,(H2,18,19,20,21). The van der Waals surface area contributed by atoms with Gasteiger partial charge in [0, 0.05) is 19.8 Å². The van der Waals surface area contributed by atoms with Gasteiger partial charge in [-0.25, -0.2) is 0 Å². The molecule has 3 aromatic rings. The maximum absolute atomic E-state index is 5.76. The van der Waals surface area contributed by atoms with Crippen molar-refractivity contribution in [3.63, 3.8) is 0 Å². The topological polar surface area (TPSA) is 67.9 Å². The Morgan fingerprint density at radius 1 is 0.957 bits per heavy atom. The number of fused-ring (bicyclic) bond motifs is 1. The summed E-state index contributed by atoms with van der Waals surface area (Å²) in [6, 6.07) is 14.9. The van der Waals surface area contributed by atoms with Gasteiger partial charge in [-0.2, -0.15) is 15.0 Å². The molecule has 0 aliphatic carbocycles. The highest BCUT2D eigenvalue weighted by molar-refractivity contribution is 7.97. The third kappa shape index (κ3) is 3.71. The highest BCUT2D eigenvalue weighted by Gasteiger charge is 2.07. The summed E-state index contributed by atoms with van der Waals surface area (Å²) in [5.41, 5.74) is 7.08. The molecule has 0 fully saturated rings. The number of hydrogen-bond acceptors (Lipinski definition) is 6. The maximum Gasteiger partial charge on any atom is 0.229 e. The van der Waals surface area contributed by atoms with Crippen molar-refractivity contribution in [2.75, 3.05) is 24.7 Å². The summed E-state index contributed by atoms with van der Waals surface area (Å²) < 4.78 is 0. The van der Waals surface area contributed by atoms with Gasteiger partial charge in [-0.15, -0.1) is 11.8 Å². The number of thioether (sulfide) groups is 1. The number of rotatable bonds is 5. The number of benzene rings is 2. The van der Waals surface area contributed by atoms with E-state index in [2.05, 4.69) is 57.4 Å². The molecular weight excluding hydrogens is 306 g/mol. The second-order valence-corrected chi connectivity index (χ2v) is 6.42. The van der Waals surface area contributed by atoms with E-state index in [0.717, 1.165) is 5.75 Å². The van der Waals surface area contributed by atoms with E-state index in [9.17, 15) is 0 Å². The molecular formula is C17H19N5S. The fraction of sp³-hybridized carbons (Fsp3) is 0.235. The lowest BCUT2D eigenvalue weighted by molar-refractivity contribution is 0.919. The minimum absolute atomic E-state index is 0.268. The predicted octanol–water partition coefficient (Wildman–Crippen LogP) is 3.11. The second kappa shape index (κ2) is 6.83. The first kappa shape index (κ1) is 15.6. The van der Waals surface area contributed by atoms with Crippen LogP contribution in [0.1, 0.15) is 11.4 Å². The van der Waals surface area contributed by atoms with Crippen molar-refractivity contribution in [3.8, 4) is 0 Å². The Morgan fingerprint density at radius 3 is 2.57 bits per heavy atom. The van der Waals surface area contributed by atoms with E-state index >= 15 is 0 Å². The quantitative estimate of drug-likeness (QED) is 0.777. The molecule has 0 aliphatic rings. The minimum Gasteiger partial charge on any atom is -0.368 e. The number of nitrogens with two attached hydrogens (primary N) is 1. The highest BCUT2D eigenvalue weighted by Crippen LogP contribution is 2.24. The lowest BCUT2D eigenvalue weighted by Crippen LogP contribution is -2.15. The Labute approximate surface area is 140 Å². The van der Waals surface area contributed by atoms with Crippen LogP contribution in [-0.4, -0.2) is 29.0 Å². The van der Waals surface area contributed by atoms with Gasteiger partial charge in [0.1, 0.15) is 5.82 Å². The van der Waals surface area contributed by atoms with Crippen LogP contribution in [0.15, 0.2) is 42.5 Å². The van der Waals surface area contributed by atoms with Crippen LogP contribution < -0.4 is 10.6 Å². The van der Waals surface area contributed by atoms with E-state index in [-0.39, 0.29) is 5.95 Å². The van der Waals surface area contributed by atoms with E-state index < -0.39 is 0 Å². The lowest BCUT2D eigenvalue weighted by atomic mass is 10.1. The highest BCUT2D eigenvalue weighted by atomic mass is 32.2. The molecule has 1 aromatic heterocycles. The Morgan fingerprint density at radius 2 is 1.74 bits per heavy atom. The molecule has 0 atom stereocenters. The molecule has 0 spiro atoms. The van der Waals surface area contributed by atoms with Gasteiger partial charge in [0.05, 0.1) is 5.75 Å². The zero-order chi connectivity index (χ0) is 16.2. The number of aromatic nitrogens is 3. The van der Waals surface area contributed by atoms with Crippen LogP contribution in [0.4, 0.5) is 11.9 Å². The zero-order valence-electron chi connectivity index (χ0n) is 13.2. The molecule has 118 valence electrons. The van der Waals surface area contributed by atoms with Gasteiger partial charge in [-0.1, -0.05) is 42.5 Å². The zero-order valence-corrected chi connectivity index (χ0v) is 14.0. The van der Waals surface area contributed by atoms with Crippen molar-refractivity contribution < 1.29 is 0 Å². The maximum atomic E-state index is 5.76. The molecule has 3 rings (SSSR count). The SMILES string of the molecule is CN(C)c1nc(N)nc(CSCc2cccc3ccccc23)n1. The summed E-state index contributed by atoms with van der Waals surface area (Å²) in [5.74, 6) is 3.19. The Kier molecular flexibility index (Phi) is 4.62. The van der Waals surface area contributed by atoms with Crippen LogP contribution in [0.2, 0.25) is 0 Å².